The molecule has 0 radical (unpaired) electrons. The minimum Gasteiger partial charge on any atom is -0.447 e. The first-order valence-corrected chi connectivity index (χ1v) is 7.74. The molecule has 0 aromatic heterocycles. The fraction of sp³-hybridized carbons (Fsp3) is 0.500. The number of nitrogens with zero attached hydrogens (tertiary/aromatic N) is 2. The highest BCUT2D eigenvalue weighted by atomic mass is 16.6. The average Bonchev–Trinajstić information content (AvgIpc) is 3.25. The molecule has 4 rings (SSSR count). The van der Waals surface area contributed by atoms with E-state index in [9.17, 15) is 9.59 Å². The van der Waals surface area contributed by atoms with Crippen LogP contribution in [0.1, 0.15) is 18.4 Å². The van der Waals surface area contributed by atoms with E-state index < -0.39 is 0 Å². The Morgan fingerprint density at radius 3 is 2.73 bits per heavy atom. The Balaban J connectivity index is 1.42. The highest BCUT2D eigenvalue weighted by Crippen LogP contribution is 2.45. The van der Waals surface area contributed by atoms with Gasteiger partial charge in [0.25, 0.3) is 0 Å². The number of cyclic esters (lactones) is 1. The van der Waals surface area contributed by atoms with Crippen molar-refractivity contribution in [3.05, 3.63) is 35.9 Å². The first-order valence-electron chi connectivity index (χ1n) is 7.74. The van der Waals surface area contributed by atoms with Gasteiger partial charge in [-0.2, -0.15) is 0 Å². The molecule has 1 saturated carbocycles. The lowest BCUT2D eigenvalue weighted by Crippen LogP contribution is -2.57. The predicted molar refractivity (Wildman–Crippen MR) is 79.3 cm³/mol. The number of hydrogen-bond donors (Lipinski definition) is 1. The second kappa shape index (κ2) is 4.90. The Bertz CT molecular complexity index is 600. The number of urea groups is 1. The van der Waals surface area contributed by atoms with Crippen LogP contribution in [-0.4, -0.2) is 54.2 Å². The van der Waals surface area contributed by atoms with E-state index in [0.717, 1.165) is 12.8 Å². The van der Waals surface area contributed by atoms with E-state index >= 15 is 0 Å². The van der Waals surface area contributed by atoms with Crippen molar-refractivity contribution in [3.8, 4) is 0 Å². The molecule has 1 aliphatic carbocycles. The Hall–Kier alpha value is -2.24. The molecule has 1 atom stereocenters. The minimum absolute atomic E-state index is 0.00104. The molecule has 6 nitrogen and oxygen atoms in total. The van der Waals surface area contributed by atoms with Crippen molar-refractivity contribution in [2.45, 2.75) is 24.4 Å². The number of rotatable bonds is 2. The summed E-state index contributed by atoms with van der Waals surface area (Å²) in [7, 11) is 0. The second-order valence-corrected chi connectivity index (χ2v) is 6.25. The van der Waals surface area contributed by atoms with Gasteiger partial charge in [0, 0.05) is 19.6 Å². The molecular weight excluding hydrogens is 282 g/mol. The highest BCUT2D eigenvalue weighted by molar-refractivity contribution is 5.77. The maximum absolute atomic E-state index is 12.6. The van der Waals surface area contributed by atoms with Crippen LogP contribution < -0.4 is 5.32 Å². The summed E-state index contributed by atoms with van der Waals surface area (Å²) in [4.78, 5) is 27.6. The quantitative estimate of drug-likeness (QED) is 0.901. The van der Waals surface area contributed by atoms with Crippen molar-refractivity contribution in [2.75, 3.05) is 26.2 Å². The van der Waals surface area contributed by atoms with Gasteiger partial charge < -0.3 is 15.0 Å². The molecule has 2 heterocycles. The molecule has 0 bridgehead atoms. The normalized spacial score (nSPS) is 25.5. The Kier molecular flexibility index (Phi) is 2.99. The fourth-order valence-corrected chi connectivity index (χ4v) is 3.32. The predicted octanol–water partition coefficient (Wildman–Crippen LogP) is 1.52. The number of amides is 3. The maximum atomic E-state index is 12.6. The summed E-state index contributed by atoms with van der Waals surface area (Å²) in [6.45, 7) is 2.03. The van der Waals surface area contributed by atoms with Gasteiger partial charge in [-0.15, -0.1) is 0 Å². The molecule has 116 valence electrons. The molecule has 2 aliphatic heterocycles. The monoisotopic (exact) mass is 301 g/mol. The summed E-state index contributed by atoms with van der Waals surface area (Å²) >= 11 is 0. The van der Waals surface area contributed by atoms with Gasteiger partial charge in [-0.25, -0.2) is 9.59 Å². The zero-order valence-corrected chi connectivity index (χ0v) is 12.3. The summed E-state index contributed by atoms with van der Waals surface area (Å²) in [6.07, 6.45) is 1.70. The smallest absolute Gasteiger partial charge is 0.410 e. The van der Waals surface area contributed by atoms with Gasteiger partial charge >= 0.3 is 12.1 Å². The van der Waals surface area contributed by atoms with Crippen LogP contribution in [0.4, 0.5) is 9.59 Å². The van der Waals surface area contributed by atoms with Crippen molar-refractivity contribution >= 4 is 12.1 Å². The third-order valence-corrected chi connectivity index (χ3v) is 4.83. The summed E-state index contributed by atoms with van der Waals surface area (Å²) in [5.74, 6) is 0. The number of ether oxygens (including phenoxy) is 1. The molecule has 1 N–H and O–H groups in total. The summed E-state index contributed by atoms with van der Waals surface area (Å²) in [5.41, 5.74) is 0.971. The van der Waals surface area contributed by atoms with Gasteiger partial charge in [-0.3, -0.25) is 4.90 Å². The van der Waals surface area contributed by atoms with Crippen molar-refractivity contribution < 1.29 is 14.3 Å². The van der Waals surface area contributed by atoms with Crippen LogP contribution in [0.2, 0.25) is 0 Å². The number of nitrogens with one attached hydrogen (secondary N) is 1. The summed E-state index contributed by atoms with van der Waals surface area (Å²) in [5, 5.41) is 3.19. The first-order chi connectivity index (χ1) is 10.7. The van der Waals surface area contributed by atoms with Crippen LogP contribution in [-0.2, 0) is 10.3 Å². The van der Waals surface area contributed by atoms with Gasteiger partial charge in [0.2, 0.25) is 0 Å². The van der Waals surface area contributed by atoms with E-state index in [1.807, 2.05) is 18.2 Å². The van der Waals surface area contributed by atoms with E-state index in [0.29, 0.717) is 26.2 Å². The lowest BCUT2D eigenvalue weighted by Gasteiger charge is -2.36. The van der Waals surface area contributed by atoms with Crippen LogP contribution in [0, 0.1) is 0 Å². The van der Waals surface area contributed by atoms with E-state index in [-0.39, 0.29) is 23.7 Å². The molecule has 3 amide bonds. The molecule has 3 aliphatic rings. The minimum atomic E-state index is -0.256. The lowest BCUT2D eigenvalue weighted by atomic mass is 10.1. The third kappa shape index (κ3) is 2.19. The van der Waals surface area contributed by atoms with Gasteiger partial charge in [0.05, 0.1) is 11.6 Å². The van der Waals surface area contributed by atoms with E-state index in [2.05, 4.69) is 17.4 Å². The standard InChI is InChI=1S/C16H19N3O3/c20-14(17-16(6-7-16)12-4-2-1-3-5-12)18-8-9-19-13(10-18)11-22-15(19)21/h1-5,13H,6-11H2,(H,17,20)/t13-/m0/s1. The van der Waals surface area contributed by atoms with E-state index in [1.165, 1.54) is 5.56 Å². The summed E-state index contributed by atoms with van der Waals surface area (Å²) in [6, 6.07) is 10.1. The van der Waals surface area contributed by atoms with Crippen molar-refractivity contribution in [1.82, 2.24) is 15.1 Å². The number of carbonyl (C=O) groups is 2. The molecule has 2 saturated heterocycles. The molecule has 0 unspecified atom stereocenters. The number of hydrogen-bond acceptors (Lipinski definition) is 3. The molecule has 22 heavy (non-hydrogen) atoms. The lowest BCUT2D eigenvalue weighted by molar-refractivity contribution is 0.125. The summed E-state index contributed by atoms with van der Waals surface area (Å²) < 4.78 is 5.04. The molecule has 6 heteroatoms. The van der Waals surface area contributed by atoms with Crippen molar-refractivity contribution in [3.63, 3.8) is 0 Å². The Labute approximate surface area is 129 Å². The molecule has 1 aromatic rings. The largest absolute Gasteiger partial charge is 0.447 e. The number of carbonyl (C=O) groups excluding carboxylic acids is 2. The number of fused-ring (bicyclic) bond motifs is 1. The molecule has 3 fully saturated rings. The van der Waals surface area contributed by atoms with Crippen LogP contribution in [0.5, 0.6) is 0 Å². The van der Waals surface area contributed by atoms with Crippen LogP contribution >= 0.6 is 0 Å². The van der Waals surface area contributed by atoms with Crippen LogP contribution in [0.25, 0.3) is 0 Å². The van der Waals surface area contributed by atoms with Gasteiger partial charge in [0.1, 0.15) is 6.61 Å². The molecular formula is C16H19N3O3. The highest BCUT2D eigenvalue weighted by Gasteiger charge is 2.47. The average molecular weight is 301 g/mol. The zero-order chi connectivity index (χ0) is 15.2. The van der Waals surface area contributed by atoms with Crippen LogP contribution in [0.3, 0.4) is 0 Å². The Morgan fingerprint density at radius 2 is 2.00 bits per heavy atom. The number of benzene rings is 1. The molecule has 1 aromatic carbocycles. The fourth-order valence-electron chi connectivity index (χ4n) is 3.32. The SMILES string of the molecule is O=C(NC1(c2ccccc2)CC1)N1CCN2C(=O)OC[C@@H]2C1. The van der Waals surface area contributed by atoms with E-state index in [4.69, 9.17) is 4.74 Å². The Morgan fingerprint density at radius 1 is 1.23 bits per heavy atom. The molecule has 0 spiro atoms. The first kappa shape index (κ1) is 13.4. The van der Waals surface area contributed by atoms with Crippen molar-refractivity contribution in [2.24, 2.45) is 0 Å². The number of piperazine rings is 1. The van der Waals surface area contributed by atoms with Gasteiger partial charge in [-0.1, -0.05) is 30.3 Å². The third-order valence-electron chi connectivity index (χ3n) is 4.83. The second-order valence-electron chi connectivity index (χ2n) is 6.25. The van der Waals surface area contributed by atoms with Crippen molar-refractivity contribution in [1.29, 1.82) is 0 Å². The van der Waals surface area contributed by atoms with Gasteiger partial charge in [0.15, 0.2) is 0 Å². The van der Waals surface area contributed by atoms with E-state index in [1.54, 1.807) is 9.80 Å². The zero-order valence-electron chi connectivity index (χ0n) is 12.3. The topological polar surface area (TPSA) is 61.9 Å². The maximum Gasteiger partial charge on any atom is 0.410 e. The van der Waals surface area contributed by atoms with Gasteiger partial charge in [-0.05, 0) is 18.4 Å². The van der Waals surface area contributed by atoms with Crippen LogP contribution in [0.15, 0.2) is 30.3 Å².